The molecule has 1 aromatic heterocycles. The first-order chi connectivity index (χ1) is 11.0. The second-order valence-electron chi connectivity index (χ2n) is 6.15. The molecule has 5 nitrogen and oxygen atoms in total. The number of hydrogen-bond acceptors (Lipinski definition) is 2. The Morgan fingerprint density at radius 2 is 2.17 bits per heavy atom. The van der Waals surface area contributed by atoms with E-state index in [1.165, 1.54) is 12.8 Å². The van der Waals surface area contributed by atoms with E-state index in [0.29, 0.717) is 12.3 Å². The first-order valence-electron chi connectivity index (χ1n) is 7.80. The highest BCUT2D eigenvalue weighted by Crippen LogP contribution is 2.33. The molecule has 0 radical (unpaired) electrons. The van der Waals surface area contributed by atoms with Crippen LogP contribution in [-0.4, -0.2) is 28.0 Å². The SMILES string of the molecule is O=C(CCC1CC1)NC(Cc1c[nH]c2ccc(Br)cc12)C(=O)O. The maximum Gasteiger partial charge on any atom is 0.326 e. The molecule has 0 spiro atoms. The zero-order valence-electron chi connectivity index (χ0n) is 12.6. The number of H-pyrrole nitrogens is 1. The van der Waals surface area contributed by atoms with Gasteiger partial charge in [-0.2, -0.15) is 0 Å². The standard InChI is InChI=1S/C17H19BrN2O3/c18-12-4-5-14-13(8-12)11(9-19-14)7-15(17(22)23)20-16(21)6-3-10-1-2-10/h4-5,8-10,15,19H,1-3,6-7H2,(H,20,21)(H,22,23). The van der Waals surface area contributed by atoms with Crippen molar-refractivity contribution in [2.75, 3.05) is 0 Å². The molecule has 1 atom stereocenters. The number of carboxylic acids is 1. The number of halogens is 1. The van der Waals surface area contributed by atoms with Gasteiger partial charge in [-0.15, -0.1) is 0 Å². The van der Waals surface area contributed by atoms with Crippen molar-refractivity contribution < 1.29 is 14.7 Å². The quantitative estimate of drug-likeness (QED) is 0.691. The Morgan fingerprint density at radius 3 is 2.87 bits per heavy atom. The van der Waals surface area contributed by atoms with Crippen LogP contribution in [0.5, 0.6) is 0 Å². The van der Waals surface area contributed by atoms with Gasteiger partial charge >= 0.3 is 5.97 Å². The number of nitrogens with one attached hydrogen (secondary N) is 2. The minimum atomic E-state index is -1.01. The van der Waals surface area contributed by atoms with Crippen LogP contribution in [0.25, 0.3) is 10.9 Å². The number of amides is 1. The van der Waals surface area contributed by atoms with Gasteiger partial charge in [-0.25, -0.2) is 4.79 Å². The molecule has 6 heteroatoms. The molecule has 0 saturated heterocycles. The maximum atomic E-state index is 11.9. The van der Waals surface area contributed by atoms with Gasteiger partial charge in [-0.3, -0.25) is 4.79 Å². The highest BCUT2D eigenvalue weighted by molar-refractivity contribution is 9.10. The minimum absolute atomic E-state index is 0.176. The van der Waals surface area contributed by atoms with Crippen LogP contribution in [0, 0.1) is 5.92 Å². The molecule has 1 fully saturated rings. The molecule has 1 aromatic carbocycles. The van der Waals surface area contributed by atoms with E-state index in [1.807, 2.05) is 24.4 Å². The molecular formula is C17H19BrN2O3. The molecule has 0 aliphatic heterocycles. The first-order valence-corrected chi connectivity index (χ1v) is 8.60. The summed E-state index contributed by atoms with van der Waals surface area (Å²) < 4.78 is 0.936. The van der Waals surface area contributed by atoms with Crippen LogP contribution in [0.15, 0.2) is 28.9 Å². The van der Waals surface area contributed by atoms with Gasteiger partial charge in [0.1, 0.15) is 6.04 Å². The summed E-state index contributed by atoms with van der Waals surface area (Å²) >= 11 is 3.43. The molecule has 122 valence electrons. The number of aromatic amines is 1. The maximum absolute atomic E-state index is 11.9. The van der Waals surface area contributed by atoms with E-state index in [2.05, 4.69) is 26.2 Å². The van der Waals surface area contributed by atoms with Crippen LogP contribution in [0.1, 0.15) is 31.2 Å². The van der Waals surface area contributed by atoms with Gasteiger partial charge in [0.2, 0.25) is 5.91 Å². The molecule has 1 saturated carbocycles. The van der Waals surface area contributed by atoms with Crippen molar-refractivity contribution in [3.05, 3.63) is 34.4 Å². The Bertz CT molecular complexity index is 737. The van der Waals surface area contributed by atoms with Crippen molar-refractivity contribution >= 4 is 38.7 Å². The lowest BCUT2D eigenvalue weighted by Gasteiger charge is -2.14. The van der Waals surface area contributed by atoms with Crippen LogP contribution in [0.3, 0.4) is 0 Å². The van der Waals surface area contributed by atoms with Gasteiger partial charge < -0.3 is 15.4 Å². The Hall–Kier alpha value is -1.82. The predicted molar refractivity (Wildman–Crippen MR) is 91.2 cm³/mol. The monoisotopic (exact) mass is 378 g/mol. The summed E-state index contributed by atoms with van der Waals surface area (Å²) in [6.07, 6.45) is 5.73. The normalized spacial score (nSPS) is 15.5. The number of carbonyl (C=O) groups excluding carboxylic acids is 1. The molecule has 3 rings (SSSR count). The van der Waals surface area contributed by atoms with E-state index in [4.69, 9.17) is 0 Å². The third-order valence-electron chi connectivity index (χ3n) is 4.26. The van der Waals surface area contributed by atoms with Crippen molar-refractivity contribution in [1.82, 2.24) is 10.3 Å². The molecule has 0 bridgehead atoms. The van der Waals surface area contributed by atoms with Crippen molar-refractivity contribution in [2.24, 2.45) is 5.92 Å². The smallest absolute Gasteiger partial charge is 0.326 e. The fourth-order valence-electron chi connectivity index (χ4n) is 2.75. The van der Waals surface area contributed by atoms with Gasteiger partial charge in [0.25, 0.3) is 0 Å². The molecule has 2 aromatic rings. The van der Waals surface area contributed by atoms with Gasteiger partial charge in [0.15, 0.2) is 0 Å². The van der Waals surface area contributed by atoms with E-state index in [1.54, 1.807) is 0 Å². The second kappa shape index (κ2) is 6.74. The number of aromatic nitrogens is 1. The molecule has 1 amide bonds. The first kappa shape index (κ1) is 16.1. The third-order valence-corrected chi connectivity index (χ3v) is 4.76. The zero-order chi connectivity index (χ0) is 16.4. The summed E-state index contributed by atoms with van der Waals surface area (Å²) in [5, 5.41) is 13.0. The molecule has 1 unspecified atom stereocenters. The van der Waals surface area contributed by atoms with E-state index < -0.39 is 12.0 Å². The van der Waals surface area contributed by atoms with Gasteiger partial charge in [0.05, 0.1) is 0 Å². The molecule has 23 heavy (non-hydrogen) atoms. The van der Waals surface area contributed by atoms with E-state index in [9.17, 15) is 14.7 Å². The van der Waals surface area contributed by atoms with Gasteiger partial charge in [-0.05, 0) is 36.1 Å². The van der Waals surface area contributed by atoms with Crippen LogP contribution in [0.4, 0.5) is 0 Å². The summed E-state index contributed by atoms with van der Waals surface area (Å²) in [7, 11) is 0. The zero-order valence-corrected chi connectivity index (χ0v) is 14.2. The highest BCUT2D eigenvalue weighted by atomic mass is 79.9. The van der Waals surface area contributed by atoms with Gasteiger partial charge in [0, 0.05) is 34.4 Å². The number of carboxylic acid groups (broad SMARTS) is 1. The van der Waals surface area contributed by atoms with Crippen LogP contribution in [0.2, 0.25) is 0 Å². The third kappa shape index (κ3) is 4.13. The molecule has 1 heterocycles. The Labute approximate surface area is 142 Å². The number of fused-ring (bicyclic) bond motifs is 1. The van der Waals surface area contributed by atoms with Crippen LogP contribution in [-0.2, 0) is 16.0 Å². The van der Waals surface area contributed by atoms with E-state index >= 15 is 0 Å². The largest absolute Gasteiger partial charge is 0.480 e. The number of carbonyl (C=O) groups is 2. The fraction of sp³-hybridized carbons (Fsp3) is 0.412. The average molecular weight is 379 g/mol. The number of rotatable bonds is 7. The lowest BCUT2D eigenvalue weighted by molar-refractivity contribution is -0.141. The minimum Gasteiger partial charge on any atom is -0.480 e. The van der Waals surface area contributed by atoms with E-state index in [0.717, 1.165) is 27.4 Å². The summed E-state index contributed by atoms with van der Waals surface area (Å²) in [4.78, 5) is 26.6. The van der Waals surface area contributed by atoms with E-state index in [-0.39, 0.29) is 12.3 Å². The average Bonchev–Trinajstić information content (AvgIpc) is 3.26. The summed E-state index contributed by atoms with van der Waals surface area (Å²) in [6.45, 7) is 0. The molecule has 3 N–H and O–H groups in total. The summed E-state index contributed by atoms with van der Waals surface area (Å²) in [5.41, 5.74) is 1.84. The summed E-state index contributed by atoms with van der Waals surface area (Å²) in [5.74, 6) is -0.519. The topological polar surface area (TPSA) is 82.2 Å². The van der Waals surface area contributed by atoms with Crippen molar-refractivity contribution in [1.29, 1.82) is 0 Å². The predicted octanol–water partition coefficient (Wildman–Crippen LogP) is 3.23. The second-order valence-corrected chi connectivity index (χ2v) is 7.06. The van der Waals surface area contributed by atoms with Crippen molar-refractivity contribution in [2.45, 2.75) is 38.1 Å². The Morgan fingerprint density at radius 1 is 1.39 bits per heavy atom. The molecular weight excluding hydrogens is 360 g/mol. The number of aliphatic carboxylic acids is 1. The number of benzene rings is 1. The fourth-order valence-corrected chi connectivity index (χ4v) is 3.11. The lowest BCUT2D eigenvalue weighted by atomic mass is 10.0. The van der Waals surface area contributed by atoms with Gasteiger partial charge in [-0.1, -0.05) is 28.8 Å². The van der Waals surface area contributed by atoms with Crippen molar-refractivity contribution in [3.8, 4) is 0 Å². The van der Waals surface area contributed by atoms with Crippen LogP contribution < -0.4 is 5.32 Å². The van der Waals surface area contributed by atoms with Crippen molar-refractivity contribution in [3.63, 3.8) is 0 Å². The van der Waals surface area contributed by atoms with Crippen LogP contribution >= 0.6 is 15.9 Å². The lowest BCUT2D eigenvalue weighted by Crippen LogP contribution is -2.42. The number of hydrogen-bond donors (Lipinski definition) is 3. The molecule has 1 aliphatic carbocycles. The Balaban J connectivity index is 1.69. The Kier molecular flexibility index (Phi) is 4.71. The summed E-state index contributed by atoms with van der Waals surface area (Å²) in [6, 6.07) is 4.92. The molecule has 1 aliphatic rings. The highest BCUT2D eigenvalue weighted by Gasteiger charge is 2.25.